The highest BCUT2D eigenvalue weighted by molar-refractivity contribution is 9.10. The molecule has 3 unspecified atom stereocenters. The van der Waals surface area contributed by atoms with E-state index in [-0.39, 0.29) is 18.3 Å². The quantitative estimate of drug-likeness (QED) is 0.545. The molecule has 0 aliphatic carbocycles. The Morgan fingerprint density at radius 1 is 1.33 bits per heavy atom. The second-order valence-corrected chi connectivity index (χ2v) is 7.81. The Morgan fingerprint density at radius 3 is 2.89 bits per heavy atom. The summed E-state index contributed by atoms with van der Waals surface area (Å²) in [5.74, 6) is 1.77. The topological polar surface area (TPSA) is 55.3 Å². The molecule has 0 amide bonds. The second kappa shape index (κ2) is 10.3. The van der Waals surface area contributed by atoms with E-state index in [9.17, 15) is 0 Å². The molecule has 1 N–H and O–H groups in total. The van der Waals surface area contributed by atoms with E-state index in [1.807, 2.05) is 31.2 Å². The molecule has 150 valence electrons. The van der Waals surface area contributed by atoms with Gasteiger partial charge in [0.25, 0.3) is 0 Å². The number of nitrogens with zero attached hydrogens (tertiary/aromatic N) is 2. The molecule has 0 aromatic heterocycles. The lowest BCUT2D eigenvalue weighted by atomic mass is 10.1. The molecule has 3 rings (SSSR count). The van der Waals surface area contributed by atoms with Crippen LogP contribution in [-0.4, -0.2) is 68.6 Å². The molecule has 7 heteroatoms. The van der Waals surface area contributed by atoms with Crippen LogP contribution in [0, 0.1) is 0 Å². The van der Waals surface area contributed by atoms with Crippen molar-refractivity contribution in [3.05, 3.63) is 28.7 Å². The highest BCUT2D eigenvalue weighted by atomic mass is 79.9. The molecule has 0 spiro atoms. The van der Waals surface area contributed by atoms with Crippen LogP contribution >= 0.6 is 15.9 Å². The van der Waals surface area contributed by atoms with Crippen molar-refractivity contribution in [1.29, 1.82) is 0 Å². The number of hydrogen-bond acceptors (Lipinski definition) is 4. The van der Waals surface area contributed by atoms with Gasteiger partial charge < -0.3 is 24.4 Å². The molecular weight excluding hydrogens is 410 g/mol. The van der Waals surface area contributed by atoms with Crippen LogP contribution < -0.4 is 10.1 Å². The number of aliphatic imine (C=N–C) groups is 1. The fourth-order valence-electron chi connectivity index (χ4n) is 3.42. The molecule has 2 saturated heterocycles. The van der Waals surface area contributed by atoms with Crippen molar-refractivity contribution in [2.75, 3.05) is 39.4 Å². The maximum absolute atomic E-state index is 6.02. The van der Waals surface area contributed by atoms with Crippen molar-refractivity contribution in [2.45, 2.75) is 45.0 Å². The van der Waals surface area contributed by atoms with Crippen LogP contribution in [0.25, 0.3) is 0 Å². The molecule has 2 aliphatic heterocycles. The zero-order chi connectivity index (χ0) is 19.1. The normalized spacial score (nSPS) is 24.7. The first-order valence-electron chi connectivity index (χ1n) is 9.85. The monoisotopic (exact) mass is 439 g/mol. The van der Waals surface area contributed by atoms with E-state index in [2.05, 4.69) is 33.1 Å². The zero-order valence-corrected chi connectivity index (χ0v) is 17.8. The molecule has 6 nitrogen and oxygen atoms in total. The average molecular weight is 440 g/mol. The Kier molecular flexibility index (Phi) is 7.79. The average Bonchev–Trinajstić information content (AvgIpc) is 3.22. The van der Waals surface area contributed by atoms with E-state index in [1.165, 1.54) is 0 Å². The van der Waals surface area contributed by atoms with Crippen molar-refractivity contribution in [1.82, 2.24) is 10.2 Å². The minimum Gasteiger partial charge on any atom is -0.488 e. The summed E-state index contributed by atoms with van der Waals surface area (Å²) < 4.78 is 18.8. The fraction of sp³-hybridized carbons (Fsp3) is 0.650. The Labute approximate surface area is 170 Å². The number of para-hydroxylation sites is 1. The third-order valence-electron chi connectivity index (χ3n) is 4.77. The van der Waals surface area contributed by atoms with Gasteiger partial charge in [0.05, 0.1) is 23.7 Å². The number of rotatable bonds is 6. The van der Waals surface area contributed by atoms with E-state index < -0.39 is 0 Å². The van der Waals surface area contributed by atoms with Crippen LogP contribution in [0.4, 0.5) is 0 Å². The Balaban J connectivity index is 1.59. The van der Waals surface area contributed by atoms with Gasteiger partial charge in [-0.15, -0.1) is 0 Å². The molecule has 2 fully saturated rings. The van der Waals surface area contributed by atoms with E-state index in [4.69, 9.17) is 19.2 Å². The lowest BCUT2D eigenvalue weighted by Gasteiger charge is -2.37. The van der Waals surface area contributed by atoms with Crippen LogP contribution in [0.3, 0.4) is 0 Å². The van der Waals surface area contributed by atoms with Gasteiger partial charge in [-0.2, -0.15) is 0 Å². The van der Waals surface area contributed by atoms with E-state index in [0.29, 0.717) is 13.2 Å². The molecule has 2 heterocycles. The lowest BCUT2D eigenvalue weighted by Crippen LogP contribution is -2.53. The first kappa shape index (κ1) is 20.4. The van der Waals surface area contributed by atoms with Crippen molar-refractivity contribution < 1.29 is 14.2 Å². The molecule has 0 radical (unpaired) electrons. The number of halogens is 1. The summed E-state index contributed by atoms with van der Waals surface area (Å²) >= 11 is 3.52. The number of morpholine rings is 1. The first-order chi connectivity index (χ1) is 13.2. The largest absolute Gasteiger partial charge is 0.488 e. The van der Waals surface area contributed by atoms with Crippen LogP contribution in [0.5, 0.6) is 5.75 Å². The van der Waals surface area contributed by atoms with Gasteiger partial charge in [-0.05, 0) is 54.8 Å². The number of guanidine groups is 1. The standard InChI is InChI=1S/C20H30BrN3O3/c1-3-22-20(23-13-15(2)27-17-8-5-4-7-16(17)21)24-10-12-26-19(14-24)18-9-6-11-25-18/h4-5,7-8,15,18-19H,3,6,9-14H2,1-2H3,(H,22,23). The van der Waals surface area contributed by atoms with Crippen molar-refractivity contribution in [3.63, 3.8) is 0 Å². The molecular formula is C20H30BrN3O3. The predicted octanol–water partition coefficient (Wildman–Crippen LogP) is 3.06. The second-order valence-electron chi connectivity index (χ2n) is 6.96. The van der Waals surface area contributed by atoms with Crippen molar-refractivity contribution in [2.24, 2.45) is 4.99 Å². The number of hydrogen-bond donors (Lipinski definition) is 1. The summed E-state index contributed by atoms with van der Waals surface area (Å²) in [6, 6.07) is 7.89. The molecule has 2 aliphatic rings. The predicted molar refractivity (Wildman–Crippen MR) is 110 cm³/mol. The molecule has 27 heavy (non-hydrogen) atoms. The summed E-state index contributed by atoms with van der Waals surface area (Å²) in [6.07, 6.45) is 2.53. The van der Waals surface area contributed by atoms with Gasteiger partial charge in [-0.1, -0.05) is 12.1 Å². The van der Waals surface area contributed by atoms with Crippen molar-refractivity contribution >= 4 is 21.9 Å². The van der Waals surface area contributed by atoms with Crippen LogP contribution in [-0.2, 0) is 9.47 Å². The van der Waals surface area contributed by atoms with Gasteiger partial charge in [0.2, 0.25) is 0 Å². The summed E-state index contributed by atoms with van der Waals surface area (Å²) in [6.45, 7) is 8.77. The Bertz CT molecular complexity index is 622. The van der Waals surface area contributed by atoms with E-state index in [1.54, 1.807) is 0 Å². The molecule has 3 atom stereocenters. The third kappa shape index (κ3) is 5.83. The van der Waals surface area contributed by atoms with Crippen LogP contribution in [0.1, 0.15) is 26.7 Å². The Morgan fingerprint density at radius 2 is 2.15 bits per heavy atom. The molecule has 1 aromatic rings. The highest BCUT2D eigenvalue weighted by Crippen LogP contribution is 2.25. The van der Waals surface area contributed by atoms with Crippen LogP contribution in [0.2, 0.25) is 0 Å². The Hall–Kier alpha value is -1.31. The number of nitrogens with one attached hydrogen (secondary N) is 1. The fourth-order valence-corrected chi connectivity index (χ4v) is 3.80. The first-order valence-corrected chi connectivity index (χ1v) is 10.6. The summed E-state index contributed by atoms with van der Waals surface area (Å²) in [7, 11) is 0. The summed E-state index contributed by atoms with van der Waals surface area (Å²) in [5, 5.41) is 3.41. The van der Waals surface area contributed by atoms with Gasteiger partial charge in [0, 0.05) is 26.2 Å². The van der Waals surface area contributed by atoms with Gasteiger partial charge in [0.15, 0.2) is 5.96 Å². The number of ether oxygens (including phenoxy) is 3. The van der Waals surface area contributed by atoms with Gasteiger partial charge >= 0.3 is 0 Å². The highest BCUT2D eigenvalue weighted by Gasteiger charge is 2.32. The summed E-state index contributed by atoms with van der Waals surface area (Å²) in [4.78, 5) is 7.10. The maximum atomic E-state index is 6.02. The SMILES string of the molecule is CCNC(=NCC(C)Oc1ccccc1Br)N1CCOC(C2CCCO2)C1. The van der Waals surface area contributed by atoms with E-state index >= 15 is 0 Å². The van der Waals surface area contributed by atoms with E-state index in [0.717, 1.165) is 55.3 Å². The summed E-state index contributed by atoms with van der Waals surface area (Å²) in [5.41, 5.74) is 0. The van der Waals surface area contributed by atoms with Crippen molar-refractivity contribution in [3.8, 4) is 5.75 Å². The lowest BCUT2D eigenvalue weighted by molar-refractivity contribution is -0.0817. The number of benzene rings is 1. The van der Waals surface area contributed by atoms with Gasteiger partial charge in [0.1, 0.15) is 18.0 Å². The van der Waals surface area contributed by atoms with Gasteiger partial charge in [-0.25, -0.2) is 4.99 Å². The van der Waals surface area contributed by atoms with Crippen LogP contribution in [0.15, 0.2) is 33.7 Å². The maximum Gasteiger partial charge on any atom is 0.194 e. The molecule has 0 bridgehead atoms. The molecule has 1 aromatic carbocycles. The molecule has 0 saturated carbocycles. The minimum atomic E-state index is -0.0210. The zero-order valence-electron chi connectivity index (χ0n) is 16.2. The van der Waals surface area contributed by atoms with Gasteiger partial charge in [-0.3, -0.25) is 0 Å². The third-order valence-corrected chi connectivity index (χ3v) is 5.43. The minimum absolute atomic E-state index is 0.0210. The smallest absolute Gasteiger partial charge is 0.194 e.